The number of ether oxygens (including phenoxy) is 1. The van der Waals surface area contributed by atoms with E-state index in [4.69, 9.17) is 9.72 Å². The van der Waals surface area contributed by atoms with E-state index in [-0.39, 0.29) is 11.4 Å². The molecular formula is C19H24N4O2. The molecule has 1 aromatic heterocycles. The van der Waals surface area contributed by atoms with Crippen molar-refractivity contribution in [2.24, 2.45) is 5.41 Å². The molecule has 1 saturated carbocycles. The highest BCUT2D eigenvalue weighted by atomic mass is 16.5. The van der Waals surface area contributed by atoms with Crippen LogP contribution in [0.1, 0.15) is 37.5 Å². The summed E-state index contributed by atoms with van der Waals surface area (Å²) in [6.07, 6.45) is 4.54. The molecule has 2 aromatic rings. The third-order valence-electron chi connectivity index (χ3n) is 5.89. The van der Waals surface area contributed by atoms with Crippen LogP contribution in [-0.2, 0) is 11.3 Å². The minimum atomic E-state index is 0.0261. The highest BCUT2D eigenvalue weighted by Crippen LogP contribution is 2.39. The van der Waals surface area contributed by atoms with Crippen molar-refractivity contribution in [3.8, 4) is 0 Å². The van der Waals surface area contributed by atoms with Crippen LogP contribution in [0.5, 0.6) is 0 Å². The molecule has 3 heterocycles. The summed E-state index contributed by atoms with van der Waals surface area (Å²) in [4.78, 5) is 19.3. The Kier molecular flexibility index (Phi) is 3.48. The lowest BCUT2D eigenvalue weighted by Crippen LogP contribution is -2.40. The molecule has 2 saturated heterocycles. The zero-order valence-corrected chi connectivity index (χ0v) is 14.4. The Hall–Kier alpha value is -2.08. The van der Waals surface area contributed by atoms with Gasteiger partial charge in [0.05, 0.1) is 24.2 Å². The van der Waals surface area contributed by atoms with E-state index in [1.165, 1.54) is 18.4 Å². The van der Waals surface area contributed by atoms with Gasteiger partial charge in [-0.05, 0) is 37.8 Å². The Morgan fingerprint density at radius 3 is 3.00 bits per heavy atom. The number of urea groups is 1. The van der Waals surface area contributed by atoms with Crippen molar-refractivity contribution in [3.05, 3.63) is 30.1 Å². The van der Waals surface area contributed by atoms with Crippen LogP contribution in [0.2, 0.25) is 0 Å². The van der Waals surface area contributed by atoms with E-state index in [9.17, 15) is 4.79 Å². The molecule has 0 unspecified atom stereocenters. The highest BCUT2D eigenvalue weighted by Gasteiger charge is 2.42. The van der Waals surface area contributed by atoms with Crippen molar-refractivity contribution in [1.29, 1.82) is 0 Å². The SMILES string of the molecule is O=C(NCc1nc2ccccc2n1C1CC1)N1CC[C@]2(CCOC2)C1. The topological polar surface area (TPSA) is 59.4 Å². The minimum absolute atomic E-state index is 0.0261. The molecule has 132 valence electrons. The van der Waals surface area contributed by atoms with Crippen LogP contribution in [0, 0.1) is 5.41 Å². The lowest BCUT2D eigenvalue weighted by Gasteiger charge is -2.22. The molecule has 3 fully saturated rings. The number of benzene rings is 1. The van der Waals surface area contributed by atoms with E-state index >= 15 is 0 Å². The number of carbonyl (C=O) groups excluding carboxylic acids is 1. The Labute approximate surface area is 147 Å². The maximum atomic E-state index is 12.6. The lowest BCUT2D eigenvalue weighted by molar-refractivity contribution is 0.152. The molecule has 1 N–H and O–H groups in total. The Balaban J connectivity index is 1.29. The van der Waals surface area contributed by atoms with Gasteiger partial charge in [0, 0.05) is 31.2 Å². The fourth-order valence-electron chi connectivity index (χ4n) is 4.31. The lowest BCUT2D eigenvalue weighted by atomic mass is 9.87. The van der Waals surface area contributed by atoms with Gasteiger partial charge in [-0.15, -0.1) is 0 Å². The fourth-order valence-corrected chi connectivity index (χ4v) is 4.31. The van der Waals surface area contributed by atoms with E-state index in [1.54, 1.807) is 0 Å². The molecule has 0 bridgehead atoms. The first-order chi connectivity index (χ1) is 12.2. The smallest absolute Gasteiger partial charge is 0.317 e. The standard InChI is InChI=1S/C19H24N4O2/c24-18(22-9-7-19(12-22)8-10-25-13-19)20-11-17-21-15-3-1-2-4-16(15)23(17)14-5-6-14/h1-4,14H,5-13H2,(H,20,24)/t19-/m0/s1. The Morgan fingerprint density at radius 2 is 2.20 bits per heavy atom. The maximum Gasteiger partial charge on any atom is 0.317 e. The number of imidazole rings is 1. The van der Waals surface area contributed by atoms with Crippen LogP contribution in [-0.4, -0.2) is 46.8 Å². The number of carbonyl (C=O) groups is 1. The molecule has 1 atom stereocenters. The average molecular weight is 340 g/mol. The van der Waals surface area contributed by atoms with E-state index in [0.29, 0.717) is 12.6 Å². The van der Waals surface area contributed by atoms with Gasteiger partial charge >= 0.3 is 6.03 Å². The van der Waals surface area contributed by atoms with Crippen molar-refractivity contribution in [1.82, 2.24) is 19.8 Å². The van der Waals surface area contributed by atoms with Gasteiger partial charge in [-0.2, -0.15) is 0 Å². The third kappa shape index (κ3) is 2.68. The number of fused-ring (bicyclic) bond motifs is 1. The van der Waals surface area contributed by atoms with Crippen LogP contribution < -0.4 is 5.32 Å². The first-order valence-corrected chi connectivity index (χ1v) is 9.31. The molecule has 3 aliphatic rings. The van der Waals surface area contributed by atoms with E-state index in [2.05, 4.69) is 22.0 Å². The third-order valence-corrected chi connectivity index (χ3v) is 5.89. The number of aromatic nitrogens is 2. The number of hydrogen-bond donors (Lipinski definition) is 1. The van der Waals surface area contributed by atoms with Crippen molar-refractivity contribution < 1.29 is 9.53 Å². The van der Waals surface area contributed by atoms with E-state index in [1.807, 2.05) is 17.0 Å². The minimum Gasteiger partial charge on any atom is -0.381 e. The van der Waals surface area contributed by atoms with Crippen molar-refractivity contribution >= 4 is 17.1 Å². The molecule has 1 aromatic carbocycles. The summed E-state index contributed by atoms with van der Waals surface area (Å²) in [5, 5.41) is 3.09. The summed E-state index contributed by atoms with van der Waals surface area (Å²) in [7, 11) is 0. The summed E-state index contributed by atoms with van der Waals surface area (Å²) >= 11 is 0. The van der Waals surface area contributed by atoms with Crippen LogP contribution in [0.4, 0.5) is 4.79 Å². The number of hydrogen-bond acceptors (Lipinski definition) is 3. The maximum absolute atomic E-state index is 12.6. The van der Waals surface area contributed by atoms with Crippen LogP contribution >= 0.6 is 0 Å². The molecule has 2 amide bonds. The zero-order valence-electron chi connectivity index (χ0n) is 14.4. The first-order valence-electron chi connectivity index (χ1n) is 9.31. The molecule has 6 nitrogen and oxygen atoms in total. The normalized spacial score (nSPS) is 26.0. The van der Waals surface area contributed by atoms with Crippen LogP contribution in [0.15, 0.2) is 24.3 Å². The van der Waals surface area contributed by atoms with Gasteiger partial charge in [0.25, 0.3) is 0 Å². The molecule has 1 spiro atoms. The Bertz CT molecular complexity index is 805. The summed E-state index contributed by atoms with van der Waals surface area (Å²) in [6, 6.07) is 8.81. The molecule has 5 rings (SSSR count). The van der Waals surface area contributed by atoms with Crippen LogP contribution in [0.3, 0.4) is 0 Å². The highest BCUT2D eigenvalue weighted by molar-refractivity contribution is 5.77. The van der Waals surface area contributed by atoms with E-state index in [0.717, 1.165) is 50.5 Å². The largest absolute Gasteiger partial charge is 0.381 e. The van der Waals surface area contributed by atoms with Crippen molar-refractivity contribution in [2.75, 3.05) is 26.3 Å². The first kappa shape index (κ1) is 15.2. The molecule has 25 heavy (non-hydrogen) atoms. The molecule has 1 aliphatic carbocycles. The summed E-state index contributed by atoms with van der Waals surface area (Å²) < 4.78 is 7.86. The number of nitrogens with zero attached hydrogens (tertiary/aromatic N) is 3. The van der Waals surface area contributed by atoms with Gasteiger partial charge in [0.2, 0.25) is 0 Å². The second-order valence-electron chi connectivity index (χ2n) is 7.75. The second kappa shape index (κ2) is 5.73. The number of para-hydroxylation sites is 2. The van der Waals surface area contributed by atoms with Crippen molar-refractivity contribution in [3.63, 3.8) is 0 Å². The van der Waals surface area contributed by atoms with Gasteiger partial charge in [-0.1, -0.05) is 12.1 Å². The molecule has 6 heteroatoms. The molecule has 0 radical (unpaired) electrons. The average Bonchev–Trinajstić information content (AvgIpc) is 3.09. The predicted molar refractivity (Wildman–Crippen MR) is 94.3 cm³/mol. The fraction of sp³-hybridized carbons (Fsp3) is 0.579. The quantitative estimate of drug-likeness (QED) is 0.934. The second-order valence-corrected chi connectivity index (χ2v) is 7.75. The summed E-state index contributed by atoms with van der Waals surface area (Å²) in [6.45, 7) is 3.77. The number of nitrogens with one attached hydrogen (secondary N) is 1. The van der Waals surface area contributed by atoms with Crippen molar-refractivity contribution in [2.45, 2.75) is 38.3 Å². The number of rotatable bonds is 3. The van der Waals surface area contributed by atoms with Gasteiger partial charge < -0.3 is 19.5 Å². The monoisotopic (exact) mass is 340 g/mol. The zero-order chi connectivity index (χ0) is 16.9. The van der Waals surface area contributed by atoms with Gasteiger partial charge in [-0.3, -0.25) is 0 Å². The summed E-state index contributed by atoms with van der Waals surface area (Å²) in [5.41, 5.74) is 2.40. The Morgan fingerprint density at radius 1 is 1.32 bits per heavy atom. The summed E-state index contributed by atoms with van der Waals surface area (Å²) in [5.74, 6) is 0.968. The van der Waals surface area contributed by atoms with Crippen LogP contribution in [0.25, 0.3) is 11.0 Å². The number of amides is 2. The predicted octanol–water partition coefficient (Wildman–Crippen LogP) is 2.69. The van der Waals surface area contributed by atoms with Gasteiger partial charge in [-0.25, -0.2) is 9.78 Å². The molecule has 2 aliphatic heterocycles. The van der Waals surface area contributed by atoms with Gasteiger partial charge in [0.15, 0.2) is 0 Å². The molecular weight excluding hydrogens is 316 g/mol. The number of likely N-dealkylation sites (tertiary alicyclic amines) is 1. The van der Waals surface area contributed by atoms with E-state index < -0.39 is 0 Å². The van der Waals surface area contributed by atoms with Gasteiger partial charge in [0.1, 0.15) is 5.82 Å².